The molecule has 4 rings (SSSR count). The molecule has 160 valence electrons. The molecule has 1 amide bonds. The summed E-state index contributed by atoms with van der Waals surface area (Å²) in [5, 5.41) is 0. The smallest absolute Gasteiger partial charge is 0.227 e. The Morgan fingerprint density at radius 2 is 1.90 bits per heavy atom. The number of methoxy groups -OCH3 is 1. The average Bonchev–Trinajstić information content (AvgIpc) is 3.32. The number of amides is 1. The molecule has 0 aromatic heterocycles. The van der Waals surface area contributed by atoms with Crippen LogP contribution < -0.4 is 4.74 Å². The first kappa shape index (κ1) is 21.3. The molecule has 0 N–H and O–H groups in total. The van der Waals surface area contributed by atoms with E-state index in [0.29, 0.717) is 12.5 Å². The molecule has 1 saturated heterocycles. The van der Waals surface area contributed by atoms with Gasteiger partial charge < -0.3 is 9.64 Å². The normalized spacial score (nSPS) is 21.3. The Morgan fingerprint density at radius 3 is 2.57 bits per heavy atom. The summed E-state index contributed by atoms with van der Waals surface area (Å²) in [5.74, 6) is 1.13. The van der Waals surface area contributed by atoms with Gasteiger partial charge in [-0.1, -0.05) is 24.3 Å². The van der Waals surface area contributed by atoms with Gasteiger partial charge in [-0.2, -0.15) is 0 Å². The van der Waals surface area contributed by atoms with E-state index in [0.717, 1.165) is 37.2 Å². The lowest BCUT2D eigenvalue weighted by atomic mass is 9.81. The Kier molecular flexibility index (Phi) is 6.69. The van der Waals surface area contributed by atoms with Crippen molar-refractivity contribution < 1.29 is 9.53 Å². The Labute approximate surface area is 184 Å². The third-order valence-electron chi connectivity index (χ3n) is 6.70. The first-order chi connectivity index (χ1) is 14.6. The monoisotopic (exact) mass is 424 g/mol. The van der Waals surface area contributed by atoms with Gasteiger partial charge in [-0.3, -0.25) is 9.69 Å². The summed E-state index contributed by atoms with van der Waals surface area (Å²) >= 11 is 1.72. The zero-order valence-electron chi connectivity index (χ0n) is 18.3. The highest BCUT2D eigenvalue weighted by Crippen LogP contribution is 2.41. The standard InChI is InChI=1S/C25H32N2O2S/c1-26(24(28)17-18-9-11-19(30-3)12-10-18)25-21-7-6-8-23(29-2)20(21)13-14-22(25)27-15-4-5-16-27/h6-12,22,25H,4-5,13-17H2,1-3H3/t22-,25-/m0/s1. The fourth-order valence-corrected chi connectivity index (χ4v) is 5.50. The second-order valence-electron chi connectivity index (χ2n) is 8.35. The summed E-state index contributed by atoms with van der Waals surface area (Å²) in [6.07, 6.45) is 7.10. The zero-order chi connectivity index (χ0) is 21.1. The molecule has 1 aliphatic carbocycles. The van der Waals surface area contributed by atoms with Crippen molar-refractivity contribution in [3.05, 3.63) is 59.2 Å². The molecular weight excluding hydrogens is 392 g/mol. The van der Waals surface area contributed by atoms with Crippen molar-refractivity contribution in [2.75, 3.05) is 33.5 Å². The third kappa shape index (κ3) is 4.23. The number of carbonyl (C=O) groups is 1. The molecule has 1 fully saturated rings. The Bertz CT molecular complexity index is 877. The van der Waals surface area contributed by atoms with Crippen LogP contribution in [0.5, 0.6) is 5.75 Å². The van der Waals surface area contributed by atoms with E-state index in [1.165, 1.54) is 28.9 Å². The van der Waals surface area contributed by atoms with Crippen molar-refractivity contribution in [1.29, 1.82) is 0 Å². The van der Waals surface area contributed by atoms with E-state index in [-0.39, 0.29) is 11.9 Å². The van der Waals surface area contributed by atoms with E-state index in [2.05, 4.69) is 47.6 Å². The van der Waals surface area contributed by atoms with Gasteiger partial charge in [0.2, 0.25) is 5.91 Å². The number of likely N-dealkylation sites (N-methyl/N-ethyl adjacent to an activating group) is 1. The van der Waals surface area contributed by atoms with Gasteiger partial charge >= 0.3 is 0 Å². The van der Waals surface area contributed by atoms with Gasteiger partial charge in [0.25, 0.3) is 0 Å². The van der Waals surface area contributed by atoms with Gasteiger partial charge in [0.15, 0.2) is 0 Å². The summed E-state index contributed by atoms with van der Waals surface area (Å²) < 4.78 is 5.66. The molecule has 5 heteroatoms. The number of ether oxygens (including phenoxy) is 1. The predicted molar refractivity (Wildman–Crippen MR) is 123 cm³/mol. The predicted octanol–water partition coefficient (Wildman–Crippen LogP) is 4.57. The fraction of sp³-hybridized carbons (Fsp3) is 0.480. The van der Waals surface area contributed by atoms with Crippen LogP contribution in [0, 0.1) is 0 Å². The van der Waals surface area contributed by atoms with E-state index in [4.69, 9.17) is 4.74 Å². The number of carbonyl (C=O) groups excluding carboxylic acids is 1. The minimum Gasteiger partial charge on any atom is -0.496 e. The first-order valence-electron chi connectivity index (χ1n) is 10.9. The minimum absolute atomic E-state index is 0.0694. The van der Waals surface area contributed by atoms with E-state index in [1.54, 1.807) is 18.9 Å². The van der Waals surface area contributed by atoms with Crippen LogP contribution in [0.2, 0.25) is 0 Å². The third-order valence-corrected chi connectivity index (χ3v) is 7.44. The number of benzene rings is 2. The van der Waals surface area contributed by atoms with E-state index in [9.17, 15) is 4.79 Å². The molecule has 1 aliphatic heterocycles. The molecule has 0 saturated carbocycles. The van der Waals surface area contributed by atoms with Crippen molar-refractivity contribution in [3.8, 4) is 5.75 Å². The van der Waals surface area contributed by atoms with E-state index >= 15 is 0 Å². The second-order valence-corrected chi connectivity index (χ2v) is 9.23. The molecule has 2 atom stereocenters. The highest BCUT2D eigenvalue weighted by molar-refractivity contribution is 7.98. The van der Waals surface area contributed by atoms with Crippen LogP contribution in [0.4, 0.5) is 0 Å². The minimum atomic E-state index is 0.0694. The van der Waals surface area contributed by atoms with Crippen molar-refractivity contribution in [2.24, 2.45) is 0 Å². The summed E-state index contributed by atoms with van der Waals surface area (Å²) in [7, 11) is 3.73. The van der Waals surface area contributed by atoms with Crippen LogP contribution in [0.25, 0.3) is 0 Å². The number of nitrogens with zero attached hydrogens (tertiary/aromatic N) is 2. The highest BCUT2D eigenvalue weighted by Gasteiger charge is 2.39. The summed E-state index contributed by atoms with van der Waals surface area (Å²) in [6, 6.07) is 15.1. The maximum absolute atomic E-state index is 13.4. The van der Waals surface area contributed by atoms with Gasteiger partial charge in [-0.05, 0) is 79.9 Å². The summed E-state index contributed by atoms with van der Waals surface area (Å²) in [6.45, 7) is 2.28. The average molecular weight is 425 g/mol. The SMILES string of the molecule is COc1cccc2c1CC[C@H](N1CCCC1)[C@H]2N(C)C(=O)Cc1ccc(SC)cc1. The molecule has 2 aromatic rings. The molecule has 0 unspecified atom stereocenters. The van der Waals surface area contributed by atoms with Gasteiger partial charge in [0.1, 0.15) is 5.75 Å². The lowest BCUT2D eigenvalue weighted by molar-refractivity contribution is -0.133. The lowest BCUT2D eigenvalue weighted by Gasteiger charge is -2.44. The largest absolute Gasteiger partial charge is 0.496 e. The van der Waals surface area contributed by atoms with Crippen molar-refractivity contribution in [1.82, 2.24) is 9.80 Å². The van der Waals surface area contributed by atoms with Crippen molar-refractivity contribution in [2.45, 2.75) is 49.1 Å². The zero-order valence-corrected chi connectivity index (χ0v) is 19.1. The molecular formula is C25H32N2O2S. The number of rotatable bonds is 6. The van der Waals surface area contributed by atoms with Gasteiger partial charge in [0.05, 0.1) is 19.6 Å². The molecule has 0 radical (unpaired) electrons. The van der Waals surface area contributed by atoms with Crippen LogP contribution in [0.3, 0.4) is 0 Å². The topological polar surface area (TPSA) is 32.8 Å². The lowest BCUT2D eigenvalue weighted by Crippen LogP contribution is -2.48. The van der Waals surface area contributed by atoms with Crippen LogP contribution in [-0.2, 0) is 17.6 Å². The second kappa shape index (κ2) is 9.44. The van der Waals surface area contributed by atoms with E-state index in [1.807, 2.05) is 18.0 Å². The van der Waals surface area contributed by atoms with Crippen LogP contribution >= 0.6 is 11.8 Å². The van der Waals surface area contributed by atoms with Crippen LogP contribution in [0.1, 0.15) is 42.0 Å². The molecule has 1 heterocycles. The van der Waals surface area contributed by atoms with Crippen LogP contribution in [-0.4, -0.2) is 55.3 Å². The molecule has 2 aliphatic rings. The molecule has 4 nitrogen and oxygen atoms in total. The molecule has 2 aromatic carbocycles. The van der Waals surface area contributed by atoms with Gasteiger partial charge in [-0.25, -0.2) is 0 Å². The molecule has 0 bridgehead atoms. The van der Waals surface area contributed by atoms with Crippen LogP contribution in [0.15, 0.2) is 47.4 Å². The number of thioether (sulfide) groups is 1. The number of hydrogen-bond acceptors (Lipinski definition) is 4. The maximum atomic E-state index is 13.4. The van der Waals surface area contributed by atoms with Gasteiger partial charge in [0, 0.05) is 18.0 Å². The van der Waals surface area contributed by atoms with Crippen molar-refractivity contribution >= 4 is 17.7 Å². The fourth-order valence-electron chi connectivity index (χ4n) is 5.10. The number of fused-ring (bicyclic) bond motifs is 1. The molecule has 30 heavy (non-hydrogen) atoms. The van der Waals surface area contributed by atoms with Gasteiger partial charge in [-0.15, -0.1) is 11.8 Å². The Hall–Kier alpha value is -1.98. The maximum Gasteiger partial charge on any atom is 0.227 e. The highest BCUT2D eigenvalue weighted by atomic mass is 32.2. The Morgan fingerprint density at radius 1 is 1.17 bits per heavy atom. The van der Waals surface area contributed by atoms with E-state index < -0.39 is 0 Å². The quantitative estimate of drug-likeness (QED) is 0.636. The molecule has 0 spiro atoms. The Balaban J connectivity index is 1.62. The number of likely N-dealkylation sites (tertiary alicyclic amines) is 1. The first-order valence-corrected chi connectivity index (χ1v) is 12.1. The summed E-state index contributed by atoms with van der Waals surface area (Å²) in [4.78, 5) is 19.2. The van der Waals surface area contributed by atoms with Crippen molar-refractivity contribution in [3.63, 3.8) is 0 Å². The number of hydrogen-bond donors (Lipinski definition) is 0. The summed E-state index contributed by atoms with van der Waals surface area (Å²) in [5.41, 5.74) is 3.60.